The third kappa shape index (κ3) is 3.10. The maximum absolute atomic E-state index is 13.9. The lowest BCUT2D eigenvalue weighted by Crippen LogP contribution is -2.46. The number of fused-ring (bicyclic) bond motifs is 3. The lowest BCUT2D eigenvalue weighted by Gasteiger charge is -2.37. The van der Waals surface area contributed by atoms with Gasteiger partial charge in [0.05, 0.1) is 35.4 Å². The van der Waals surface area contributed by atoms with E-state index in [4.69, 9.17) is 0 Å². The fourth-order valence-corrected chi connectivity index (χ4v) is 7.15. The summed E-state index contributed by atoms with van der Waals surface area (Å²) in [6.45, 7) is 0.148. The molecule has 2 aliphatic rings. The van der Waals surface area contributed by atoms with Gasteiger partial charge in [-0.15, -0.1) is 0 Å². The van der Waals surface area contributed by atoms with E-state index in [0.29, 0.717) is 28.6 Å². The molecule has 8 nitrogen and oxygen atoms in total. The van der Waals surface area contributed by atoms with Gasteiger partial charge in [-0.2, -0.15) is 13.1 Å². The quantitative estimate of drug-likeness (QED) is 0.407. The van der Waals surface area contributed by atoms with Crippen LogP contribution >= 0.6 is 11.7 Å². The molecule has 0 saturated heterocycles. The number of amides is 2. The van der Waals surface area contributed by atoms with Gasteiger partial charge in [-0.1, -0.05) is 42.5 Å². The summed E-state index contributed by atoms with van der Waals surface area (Å²) in [5.74, 6) is -0.821. The van der Waals surface area contributed by atoms with Crippen LogP contribution in [0.15, 0.2) is 71.6 Å². The predicted octanol–water partition coefficient (Wildman–Crippen LogP) is 3.28. The summed E-state index contributed by atoms with van der Waals surface area (Å²) in [6.07, 6.45) is 0.527. The van der Waals surface area contributed by atoms with Crippen molar-refractivity contribution < 1.29 is 18.0 Å². The Kier molecular flexibility index (Phi) is 4.83. The molecule has 0 saturated carbocycles. The molecule has 0 spiro atoms. The van der Waals surface area contributed by atoms with Crippen LogP contribution in [0.3, 0.4) is 0 Å². The van der Waals surface area contributed by atoms with E-state index in [-0.39, 0.29) is 18.0 Å². The minimum atomic E-state index is -4.01. The number of carbonyl (C=O) groups excluding carboxylic acids is 2. The van der Waals surface area contributed by atoms with Crippen molar-refractivity contribution >= 4 is 44.6 Å². The van der Waals surface area contributed by atoms with E-state index in [1.807, 2.05) is 24.3 Å². The first-order valence-electron chi connectivity index (χ1n) is 10.7. The van der Waals surface area contributed by atoms with Gasteiger partial charge in [0.15, 0.2) is 0 Å². The number of rotatable bonds is 4. The molecule has 1 unspecified atom stereocenters. The maximum atomic E-state index is 13.9. The fourth-order valence-electron chi connectivity index (χ4n) is 4.80. The van der Waals surface area contributed by atoms with Gasteiger partial charge in [-0.3, -0.25) is 14.5 Å². The van der Waals surface area contributed by atoms with Gasteiger partial charge in [0, 0.05) is 6.54 Å². The average molecular weight is 491 g/mol. The van der Waals surface area contributed by atoms with E-state index in [0.717, 1.165) is 27.8 Å². The minimum absolute atomic E-state index is 0.0745. The molecule has 2 aliphatic heterocycles. The van der Waals surface area contributed by atoms with E-state index in [1.165, 1.54) is 10.4 Å². The number of imide groups is 1. The molecule has 1 atom stereocenters. The molecule has 4 aromatic rings. The number of carbonyl (C=O) groups is 2. The Morgan fingerprint density at radius 1 is 0.882 bits per heavy atom. The highest BCUT2D eigenvalue weighted by Gasteiger charge is 2.43. The highest BCUT2D eigenvalue weighted by Crippen LogP contribution is 2.37. The number of aromatic nitrogens is 2. The number of hydrogen-bond donors (Lipinski definition) is 0. The van der Waals surface area contributed by atoms with Crippen molar-refractivity contribution in [2.45, 2.75) is 17.4 Å². The summed E-state index contributed by atoms with van der Waals surface area (Å²) in [4.78, 5) is 27.4. The van der Waals surface area contributed by atoms with Crippen LogP contribution in [-0.2, 0) is 16.4 Å². The predicted molar refractivity (Wildman–Crippen MR) is 126 cm³/mol. The van der Waals surface area contributed by atoms with Gasteiger partial charge in [0.2, 0.25) is 10.0 Å². The standard InChI is InChI=1S/C24H18N4O4S2/c29-23-17-8-3-4-9-18(17)24(30)27(23)14-20-16-7-2-1-6-15(16)12-13-28(20)34(31,32)21-11-5-10-19-22(21)26-33-25-19/h1-11,20H,12-14H2. The first-order chi connectivity index (χ1) is 16.5. The minimum Gasteiger partial charge on any atom is -0.272 e. The van der Waals surface area contributed by atoms with Crippen molar-refractivity contribution in [3.63, 3.8) is 0 Å². The zero-order chi connectivity index (χ0) is 23.4. The van der Waals surface area contributed by atoms with Crippen LogP contribution < -0.4 is 0 Å². The van der Waals surface area contributed by atoms with E-state index in [9.17, 15) is 18.0 Å². The molecule has 34 heavy (non-hydrogen) atoms. The molecule has 3 aromatic carbocycles. The number of nitrogens with zero attached hydrogens (tertiary/aromatic N) is 4. The highest BCUT2D eigenvalue weighted by molar-refractivity contribution is 7.89. The molecule has 3 heterocycles. The molecule has 6 rings (SSSR count). The second kappa shape index (κ2) is 7.79. The molecule has 0 fully saturated rings. The van der Waals surface area contributed by atoms with Gasteiger partial charge in [0.25, 0.3) is 11.8 Å². The Balaban J connectivity index is 1.45. The van der Waals surface area contributed by atoms with Gasteiger partial charge in [0.1, 0.15) is 15.9 Å². The molecule has 0 radical (unpaired) electrons. The first kappa shape index (κ1) is 21.1. The summed E-state index contributed by atoms with van der Waals surface area (Å²) >= 11 is 0.958. The van der Waals surface area contributed by atoms with E-state index >= 15 is 0 Å². The monoisotopic (exact) mass is 490 g/mol. The molecular weight excluding hydrogens is 472 g/mol. The van der Waals surface area contributed by atoms with Gasteiger partial charge in [-0.05, 0) is 41.8 Å². The summed E-state index contributed by atoms with van der Waals surface area (Å²) < 4.78 is 37.7. The smallest absolute Gasteiger partial charge is 0.261 e. The second-order valence-electron chi connectivity index (χ2n) is 8.23. The molecular formula is C24H18N4O4S2. The van der Waals surface area contributed by atoms with Crippen molar-refractivity contribution in [3.05, 3.63) is 89.0 Å². The third-order valence-corrected chi connectivity index (χ3v) is 8.91. The normalized spacial score (nSPS) is 18.4. The van der Waals surface area contributed by atoms with Gasteiger partial charge < -0.3 is 0 Å². The van der Waals surface area contributed by atoms with Crippen LogP contribution in [0, 0.1) is 0 Å². The molecule has 2 amide bonds. The Bertz CT molecular complexity index is 1550. The fraction of sp³-hybridized carbons (Fsp3) is 0.167. The van der Waals surface area contributed by atoms with Crippen molar-refractivity contribution in [1.82, 2.24) is 18.0 Å². The number of sulfonamides is 1. The summed E-state index contributed by atoms with van der Waals surface area (Å²) in [5.41, 5.74) is 3.31. The Hall–Kier alpha value is -3.47. The lowest BCUT2D eigenvalue weighted by atomic mass is 9.94. The van der Waals surface area contributed by atoms with Crippen LogP contribution in [0.2, 0.25) is 0 Å². The van der Waals surface area contributed by atoms with Gasteiger partial charge >= 0.3 is 0 Å². The van der Waals surface area contributed by atoms with Crippen LogP contribution in [0.4, 0.5) is 0 Å². The third-order valence-electron chi connectivity index (χ3n) is 6.43. The topological polar surface area (TPSA) is 101 Å². The number of benzene rings is 3. The first-order valence-corrected chi connectivity index (χ1v) is 12.9. The van der Waals surface area contributed by atoms with Crippen molar-refractivity contribution in [3.8, 4) is 0 Å². The molecule has 0 bridgehead atoms. The molecule has 0 N–H and O–H groups in total. The zero-order valence-electron chi connectivity index (χ0n) is 17.8. The SMILES string of the molecule is O=C1c2ccccc2C(=O)N1CC1c2ccccc2CCN1S(=O)(=O)c1cccc2nsnc12. The number of hydrogen-bond acceptors (Lipinski definition) is 7. The van der Waals surface area contributed by atoms with Crippen molar-refractivity contribution in [2.24, 2.45) is 0 Å². The Morgan fingerprint density at radius 2 is 1.59 bits per heavy atom. The maximum Gasteiger partial charge on any atom is 0.261 e. The van der Waals surface area contributed by atoms with E-state index in [1.54, 1.807) is 36.4 Å². The largest absolute Gasteiger partial charge is 0.272 e. The van der Waals surface area contributed by atoms with Crippen LogP contribution in [0.1, 0.15) is 37.9 Å². The molecule has 0 aliphatic carbocycles. The van der Waals surface area contributed by atoms with Gasteiger partial charge in [-0.25, -0.2) is 8.42 Å². The summed E-state index contributed by atoms with van der Waals surface area (Å²) in [5, 5.41) is 0. The van der Waals surface area contributed by atoms with Crippen LogP contribution in [-0.4, -0.2) is 51.3 Å². The van der Waals surface area contributed by atoms with E-state index < -0.39 is 27.9 Å². The average Bonchev–Trinajstić information content (AvgIpc) is 3.43. The Labute approximate surface area is 199 Å². The summed E-state index contributed by atoms with van der Waals surface area (Å²) in [6, 6.07) is 18.4. The summed E-state index contributed by atoms with van der Waals surface area (Å²) in [7, 11) is -4.01. The van der Waals surface area contributed by atoms with E-state index in [2.05, 4.69) is 8.75 Å². The highest BCUT2D eigenvalue weighted by atomic mass is 32.2. The lowest BCUT2D eigenvalue weighted by molar-refractivity contribution is 0.0616. The molecule has 10 heteroatoms. The zero-order valence-corrected chi connectivity index (χ0v) is 19.4. The second-order valence-corrected chi connectivity index (χ2v) is 10.6. The van der Waals surface area contributed by atoms with Crippen LogP contribution in [0.25, 0.3) is 11.0 Å². The van der Waals surface area contributed by atoms with Crippen molar-refractivity contribution in [2.75, 3.05) is 13.1 Å². The Morgan fingerprint density at radius 3 is 2.35 bits per heavy atom. The molecule has 1 aromatic heterocycles. The molecule has 170 valence electrons. The van der Waals surface area contributed by atoms with Crippen molar-refractivity contribution in [1.29, 1.82) is 0 Å². The van der Waals surface area contributed by atoms with Crippen LogP contribution in [0.5, 0.6) is 0 Å².